The van der Waals surface area contributed by atoms with Gasteiger partial charge in [0.1, 0.15) is 5.58 Å². The van der Waals surface area contributed by atoms with Gasteiger partial charge in [0, 0.05) is 13.0 Å². The zero-order valence-electron chi connectivity index (χ0n) is 9.61. The van der Waals surface area contributed by atoms with E-state index in [-0.39, 0.29) is 17.0 Å². The lowest BCUT2D eigenvalue weighted by Gasteiger charge is -1.98. The van der Waals surface area contributed by atoms with Gasteiger partial charge < -0.3 is 4.42 Å². The molecule has 0 saturated heterocycles. The highest BCUT2D eigenvalue weighted by atomic mass is 16.3. The molecular weight excluding hydrogens is 204 g/mol. The second kappa shape index (κ2) is 5.26. The average Bonchev–Trinajstić information content (AvgIpc) is 2.31. The van der Waals surface area contributed by atoms with Gasteiger partial charge in [-0.15, -0.1) is 0 Å². The van der Waals surface area contributed by atoms with E-state index in [1.807, 2.05) is 13.8 Å². The van der Waals surface area contributed by atoms with Gasteiger partial charge in [-0.1, -0.05) is 26.0 Å². The standard InChI is InChI=1S/C11H8O3.C2H6/c1-7(12)11-6-9(13)8-4-2-3-5-10(8)14-11;1-2/h2-6H,1H3;1-2H3. The monoisotopic (exact) mass is 218 g/mol. The van der Waals surface area contributed by atoms with Crippen LogP contribution in [0.4, 0.5) is 0 Å². The smallest absolute Gasteiger partial charge is 0.195 e. The Kier molecular flexibility index (Phi) is 4.00. The molecule has 1 aromatic heterocycles. The second-order valence-corrected chi connectivity index (χ2v) is 3.03. The summed E-state index contributed by atoms with van der Waals surface area (Å²) in [6.45, 7) is 5.37. The number of ketones is 1. The maximum absolute atomic E-state index is 11.5. The van der Waals surface area contributed by atoms with Crippen LogP contribution in [0.5, 0.6) is 0 Å². The third-order valence-electron chi connectivity index (χ3n) is 1.98. The highest BCUT2D eigenvalue weighted by molar-refractivity contribution is 5.92. The molecule has 0 saturated carbocycles. The van der Waals surface area contributed by atoms with Crippen LogP contribution in [0.3, 0.4) is 0 Å². The summed E-state index contributed by atoms with van der Waals surface area (Å²) >= 11 is 0. The quantitative estimate of drug-likeness (QED) is 0.691. The first-order valence-corrected chi connectivity index (χ1v) is 5.22. The molecule has 0 unspecified atom stereocenters. The molecule has 0 atom stereocenters. The highest BCUT2D eigenvalue weighted by Crippen LogP contribution is 2.11. The molecule has 0 amide bonds. The number of rotatable bonds is 1. The third-order valence-corrected chi connectivity index (χ3v) is 1.98. The average molecular weight is 218 g/mol. The van der Waals surface area contributed by atoms with E-state index in [0.29, 0.717) is 11.0 Å². The van der Waals surface area contributed by atoms with E-state index < -0.39 is 0 Å². The topological polar surface area (TPSA) is 47.3 Å². The number of carbonyl (C=O) groups excluding carboxylic acids is 1. The number of benzene rings is 1. The van der Waals surface area contributed by atoms with Crippen molar-refractivity contribution in [3.63, 3.8) is 0 Å². The summed E-state index contributed by atoms with van der Waals surface area (Å²) < 4.78 is 5.25. The molecule has 16 heavy (non-hydrogen) atoms. The first kappa shape index (κ1) is 12.2. The fourth-order valence-corrected chi connectivity index (χ4v) is 1.28. The fourth-order valence-electron chi connectivity index (χ4n) is 1.28. The van der Waals surface area contributed by atoms with E-state index in [4.69, 9.17) is 4.42 Å². The number of fused-ring (bicyclic) bond motifs is 1. The van der Waals surface area contributed by atoms with Crippen molar-refractivity contribution in [3.8, 4) is 0 Å². The molecule has 0 spiro atoms. The van der Waals surface area contributed by atoms with Crippen LogP contribution in [0.25, 0.3) is 11.0 Å². The number of carbonyl (C=O) groups is 1. The molecule has 84 valence electrons. The van der Waals surface area contributed by atoms with Crippen LogP contribution in [0.2, 0.25) is 0 Å². The van der Waals surface area contributed by atoms with Crippen LogP contribution in [0.1, 0.15) is 31.3 Å². The molecule has 0 bridgehead atoms. The molecule has 2 aromatic rings. The zero-order valence-corrected chi connectivity index (χ0v) is 9.61. The van der Waals surface area contributed by atoms with Gasteiger partial charge in [-0.05, 0) is 12.1 Å². The van der Waals surface area contributed by atoms with E-state index >= 15 is 0 Å². The number of para-hydroxylation sites is 1. The molecule has 0 aliphatic heterocycles. The highest BCUT2D eigenvalue weighted by Gasteiger charge is 2.06. The van der Waals surface area contributed by atoms with E-state index in [9.17, 15) is 9.59 Å². The van der Waals surface area contributed by atoms with Crippen molar-refractivity contribution in [1.29, 1.82) is 0 Å². The lowest BCUT2D eigenvalue weighted by Crippen LogP contribution is -2.04. The Morgan fingerprint density at radius 2 is 1.81 bits per heavy atom. The van der Waals surface area contributed by atoms with Crippen molar-refractivity contribution in [1.82, 2.24) is 0 Å². The van der Waals surface area contributed by atoms with Gasteiger partial charge in [-0.2, -0.15) is 0 Å². The second-order valence-electron chi connectivity index (χ2n) is 3.03. The third kappa shape index (κ3) is 2.37. The summed E-state index contributed by atoms with van der Waals surface area (Å²) in [4.78, 5) is 22.5. The first-order valence-electron chi connectivity index (χ1n) is 5.22. The van der Waals surface area contributed by atoms with Crippen molar-refractivity contribution < 1.29 is 9.21 Å². The summed E-state index contributed by atoms with van der Waals surface area (Å²) in [5.41, 5.74) is 0.266. The van der Waals surface area contributed by atoms with Gasteiger partial charge in [0.2, 0.25) is 0 Å². The Morgan fingerprint density at radius 3 is 2.44 bits per heavy atom. The van der Waals surface area contributed by atoms with Crippen LogP contribution < -0.4 is 5.43 Å². The molecule has 1 heterocycles. The van der Waals surface area contributed by atoms with Gasteiger partial charge >= 0.3 is 0 Å². The molecule has 0 radical (unpaired) electrons. The Hall–Kier alpha value is -1.90. The lowest BCUT2D eigenvalue weighted by atomic mass is 10.2. The number of hydrogen-bond donors (Lipinski definition) is 0. The number of hydrogen-bond acceptors (Lipinski definition) is 3. The Labute approximate surface area is 93.7 Å². The molecule has 1 aromatic carbocycles. The van der Waals surface area contributed by atoms with Gasteiger partial charge in [0.15, 0.2) is 17.0 Å². The van der Waals surface area contributed by atoms with Crippen LogP contribution >= 0.6 is 0 Å². The Bertz CT molecular complexity index is 552. The van der Waals surface area contributed by atoms with Gasteiger partial charge in [0.05, 0.1) is 5.39 Å². The maximum Gasteiger partial charge on any atom is 0.195 e. The molecule has 0 N–H and O–H groups in total. The fraction of sp³-hybridized carbons (Fsp3) is 0.231. The molecule has 3 heteroatoms. The summed E-state index contributed by atoms with van der Waals surface area (Å²) in [7, 11) is 0. The minimum Gasteiger partial charge on any atom is -0.453 e. The van der Waals surface area contributed by atoms with Crippen LogP contribution in [-0.2, 0) is 0 Å². The Morgan fingerprint density at radius 1 is 1.19 bits per heavy atom. The molecule has 3 nitrogen and oxygen atoms in total. The first-order chi connectivity index (χ1) is 7.68. The zero-order chi connectivity index (χ0) is 12.1. The van der Waals surface area contributed by atoms with Gasteiger partial charge in [-0.3, -0.25) is 9.59 Å². The predicted molar refractivity (Wildman–Crippen MR) is 63.8 cm³/mol. The van der Waals surface area contributed by atoms with Crippen molar-refractivity contribution in [3.05, 3.63) is 46.3 Å². The van der Waals surface area contributed by atoms with Gasteiger partial charge in [0.25, 0.3) is 0 Å². The van der Waals surface area contributed by atoms with Crippen molar-refractivity contribution in [2.24, 2.45) is 0 Å². The normalized spacial score (nSPS) is 9.44. The molecular formula is C13H14O3. The van der Waals surface area contributed by atoms with Crippen molar-refractivity contribution in [2.75, 3.05) is 0 Å². The van der Waals surface area contributed by atoms with Crippen LogP contribution in [0, 0.1) is 0 Å². The summed E-state index contributed by atoms with van der Waals surface area (Å²) in [5, 5.41) is 0.498. The minimum absolute atomic E-state index is 0.105. The van der Waals surface area contributed by atoms with Gasteiger partial charge in [-0.25, -0.2) is 0 Å². The number of Topliss-reactive ketones (excluding diaryl/α,β-unsaturated/α-hetero) is 1. The Balaban J connectivity index is 0.000000606. The summed E-state index contributed by atoms with van der Waals surface area (Å²) in [6.07, 6.45) is 0. The van der Waals surface area contributed by atoms with E-state index in [1.54, 1.807) is 24.3 Å². The lowest BCUT2D eigenvalue weighted by molar-refractivity contribution is 0.0988. The molecule has 0 aliphatic carbocycles. The van der Waals surface area contributed by atoms with E-state index in [2.05, 4.69) is 0 Å². The van der Waals surface area contributed by atoms with Crippen LogP contribution in [0.15, 0.2) is 39.5 Å². The SMILES string of the molecule is CC.CC(=O)c1cc(=O)c2ccccc2o1. The minimum atomic E-state index is -0.243. The summed E-state index contributed by atoms with van der Waals surface area (Å²) in [5.74, 6) is -0.137. The molecule has 0 aliphatic rings. The predicted octanol–water partition coefficient (Wildman–Crippen LogP) is 3.02. The van der Waals surface area contributed by atoms with Crippen molar-refractivity contribution in [2.45, 2.75) is 20.8 Å². The van der Waals surface area contributed by atoms with E-state index in [0.717, 1.165) is 0 Å². The maximum atomic E-state index is 11.5. The van der Waals surface area contributed by atoms with Crippen molar-refractivity contribution >= 4 is 16.8 Å². The van der Waals surface area contributed by atoms with Crippen LogP contribution in [-0.4, -0.2) is 5.78 Å². The summed E-state index contributed by atoms with van der Waals surface area (Å²) in [6, 6.07) is 8.08. The van der Waals surface area contributed by atoms with E-state index in [1.165, 1.54) is 13.0 Å². The largest absolute Gasteiger partial charge is 0.453 e. The molecule has 2 rings (SSSR count). The molecule has 0 fully saturated rings.